The van der Waals surface area contributed by atoms with Gasteiger partial charge in [-0.1, -0.05) is 42.5 Å². The van der Waals surface area contributed by atoms with Gasteiger partial charge in [-0.3, -0.25) is 4.79 Å². The smallest absolute Gasteiger partial charge is 0.227 e. The second-order valence-corrected chi connectivity index (χ2v) is 5.93. The van der Waals surface area contributed by atoms with Crippen LogP contribution >= 0.6 is 0 Å². The van der Waals surface area contributed by atoms with Crippen molar-refractivity contribution in [1.29, 1.82) is 0 Å². The molecule has 1 heterocycles. The second kappa shape index (κ2) is 5.72. The molecule has 1 aliphatic heterocycles. The van der Waals surface area contributed by atoms with Gasteiger partial charge in [0.15, 0.2) is 0 Å². The highest BCUT2D eigenvalue weighted by molar-refractivity contribution is 5.79. The normalized spacial score (nSPS) is 13.9. The number of hydrogen-bond donors (Lipinski definition) is 0. The van der Waals surface area contributed by atoms with E-state index in [9.17, 15) is 4.79 Å². The summed E-state index contributed by atoms with van der Waals surface area (Å²) in [6.07, 6.45) is 1.47. The van der Waals surface area contributed by atoms with Gasteiger partial charge in [0.05, 0.1) is 6.42 Å². The van der Waals surface area contributed by atoms with Crippen LogP contribution in [0.2, 0.25) is 0 Å². The van der Waals surface area contributed by atoms with Crippen molar-refractivity contribution in [3.8, 4) is 0 Å². The number of fused-ring (bicyclic) bond motifs is 1. The molecule has 0 bridgehead atoms. The van der Waals surface area contributed by atoms with Crippen LogP contribution in [0.1, 0.15) is 27.8 Å². The van der Waals surface area contributed by atoms with Gasteiger partial charge in [-0.15, -0.1) is 0 Å². The summed E-state index contributed by atoms with van der Waals surface area (Å²) in [5.41, 5.74) is 6.31. The number of amides is 1. The number of hydrogen-bond acceptors (Lipinski definition) is 1. The molecule has 0 N–H and O–H groups in total. The fraction of sp³-hybridized carbons (Fsp3) is 0.316. The van der Waals surface area contributed by atoms with E-state index in [2.05, 4.69) is 56.3 Å². The molecule has 0 aromatic heterocycles. The van der Waals surface area contributed by atoms with Gasteiger partial charge in [-0.25, -0.2) is 0 Å². The summed E-state index contributed by atoms with van der Waals surface area (Å²) in [5, 5.41) is 0. The Bertz CT molecular complexity index is 675. The summed E-state index contributed by atoms with van der Waals surface area (Å²) in [4.78, 5) is 14.5. The van der Waals surface area contributed by atoms with E-state index in [1.54, 1.807) is 0 Å². The predicted molar refractivity (Wildman–Crippen MR) is 85.2 cm³/mol. The first-order chi connectivity index (χ1) is 10.1. The summed E-state index contributed by atoms with van der Waals surface area (Å²) in [6.45, 7) is 5.78. The van der Waals surface area contributed by atoms with E-state index in [1.807, 2.05) is 4.90 Å². The van der Waals surface area contributed by atoms with Crippen molar-refractivity contribution in [2.24, 2.45) is 0 Å². The number of carbonyl (C=O) groups is 1. The van der Waals surface area contributed by atoms with Crippen LogP contribution in [-0.4, -0.2) is 17.4 Å². The zero-order valence-corrected chi connectivity index (χ0v) is 12.7. The monoisotopic (exact) mass is 279 g/mol. The number of benzene rings is 2. The van der Waals surface area contributed by atoms with Crippen molar-refractivity contribution in [3.63, 3.8) is 0 Å². The molecule has 0 radical (unpaired) electrons. The maximum atomic E-state index is 12.5. The van der Waals surface area contributed by atoms with Crippen LogP contribution < -0.4 is 0 Å². The lowest BCUT2D eigenvalue weighted by Crippen LogP contribution is -2.36. The van der Waals surface area contributed by atoms with Gasteiger partial charge in [-0.05, 0) is 48.1 Å². The zero-order valence-electron chi connectivity index (χ0n) is 12.7. The third kappa shape index (κ3) is 2.99. The first kappa shape index (κ1) is 13.9. The van der Waals surface area contributed by atoms with Crippen molar-refractivity contribution in [2.45, 2.75) is 33.2 Å². The van der Waals surface area contributed by atoms with Gasteiger partial charge < -0.3 is 4.90 Å². The molecule has 0 fully saturated rings. The molecule has 2 nitrogen and oxygen atoms in total. The average molecular weight is 279 g/mol. The van der Waals surface area contributed by atoms with Crippen molar-refractivity contribution in [3.05, 3.63) is 70.3 Å². The van der Waals surface area contributed by atoms with Gasteiger partial charge in [0, 0.05) is 13.1 Å². The minimum atomic E-state index is 0.229. The van der Waals surface area contributed by atoms with Crippen molar-refractivity contribution >= 4 is 5.91 Å². The first-order valence-electron chi connectivity index (χ1n) is 7.54. The summed E-state index contributed by atoms with van der Waals surface area (Å²) in [5.74, 6) is 0.229. The quantitative estimate of drug-likeness (QED) is 0.824. The second-order valence-electron chi connectivity index (χ2n) is 5.93. The minimum absolute atomic E-state index is 0.229. The minimum Gasteiger partial charge on any atom is -0.338 e. The van der Waals surface area contributed by atoms with Gasteiger partial charge in [-0.2, -0.15) is 0 Å². The third-order valence-electron chi connectivity index (χ3n) is 4.41. The molecule has 1 amide bonds. The van der Waals surface area contributed by atoms with Crippen LogP contribution in [-0.2, 0) is 24.2 Å². The van der Waals surface area contributed by atoms with Crippen LogP contribution in [0.5, 0.6) is 0 Å². The van der Waals surface area contributed by atoms with E-state index in [1.165, 1.54) is 22.3 Å². The maximum Gasteiger partial charge on any atom is 0.227 e. The van der Waals surface area contributed by atoms with Crippen molar-refractivity contribution < 1.29 is 4.79 Å². The number of aryl methyl sites for hydroxylation is 2. The van der Waals surface area contributed by atoms with E-state index < -0.39 is 0 Å². The Balaban J connectivity index is 1.70. The maximum absolute atomic E-state index is 12.5. The van der Waals surface area contributed by atoms with Crippen LogP contribution in [0.4, 0.5) is 0 Å². The fourth-order valence-electron chi connectivity index (χ4n) is 2.91. The van der Waals surface area contributed by atoms with E-state index in [0.29, 0.717) is 6.42 Å². The molecule has 1 aliphatic rings. The van der Waals surface area contributed by atoms with Gasteiger partial charge in [0.1, 0.15) is 0 Å². The average Bonchev–Trinajstić information content (AvgIpc) is 2.50. The highest BCUT2D eigenvalue weighted by Crippen LogP contribution is 2.19. The Hall–Kier alpha value is -2.09. The van der Waals surface area contributed by atoms with Crippen LogP contribution in [0.15, 0.2) is 42.5 Å². The molecule has 2 aromatic rings. The predicted octanol–water partition coefficient (Wildman–Crippen LogP) is 3.43. The lowest BCUT2D eigenvalue weighted by molar-refractivity contribution is -0.131. The molecule has 21 heavy (non-hydrogen) atoms. The molecule has 3 rings (SSSR count). The van der Waals surface area contributed by atoms with Gasteiger partial charge in [0.25, 0.3) is 0 Å². The van der Waals surface area contributed by atoms with Crippen LogP contribution in [0, 0.1) is 13.8 Å². The van der Waals surface area contributed by atoms with Crippen molar-refractivity contribution in [2.75, 3.05) is 6.54 Å². The topological polar surface area (TPSA) is 20.3 Å². The molecular weight excluding hydrogens is 258 g/mol. The van der Waals surface area contributed by atoms with Gasteiger partial charge in [0.2, 0.25) is 5.91 Å². The molecule has 2 heteroatoms. The van der Waals surface area contributed by atoms with Crippen molar-refractivity contribution in [1.82, 2.24) is 4.90 Å². The molecule has 0 saturated heterocycles. The first-order valence-corrected chi connectivity index (χ1v) is 7.54. The van der Waals surface area contributed by atoms with E-state index in [-0.39, 0.29) is 5.91 Å². The molecule has 0 unspecified atom stereocenters. The molecule has 0 aliphatic carbocycles. The molecular formula is C19H21NO. The fourth-order valence-corrected chi connectivity index (χ4v) is 2.91. The highest BCUT2D eigenvalue weighted by atomic mass is 16.2. The lowest BCUT2D eigenvalue weighted by Gasteiger charge is -2.29. The third-order valence-corrected chi connectivity index (χ3v) is 4.41. The van der Waals surface area contributed by atoms with Crippen LogP contribution in [0.25, 0.3) is 0 Å². The largest absolute Gasteiger partial charge is 0.338 e. The van der Waals surface area contributed by atoms with Gasteiger partial charge >= 0.3 is 0 Å². The summed E-state index contributed by atoms with van der Waals surface area (Å²) < 4.78 is 0. The zero-order chi connectivity index (χ0) is 14.8. The Labute approximate surface area is 126 Å². The molecule has 0 atom stereocenters. The summed E-state index contributed by atoms with van der Waals surface area (Å²) in [6, 6.07) is 14.7. The van der Waals surface area contributed by atoms with E-state index in [4.69, 9.17) is 0 Å². The molecule has 108 valence electrons. The highest BCUT2D eigenvalue weighted by Gasteiger charge is 2.20. The standard InChI is InChI=1S/C19H21NO/c1-14-7-8-16(11-15(14)2)12-19(21)20-10-9-17-5-3-4-6-18(17)13-20/h3-8,11H,9-10,12-13H2,1-2H3. The Morgan fingerprint density at radius 3 is 2.57 bits per heavy atom. The Morgan fingerprint density at radius 1 is 1.05 bits per heavy atom. The number of nitrogens with zero attached hydrogens (tertiary/aromatic N) is 1. The Morgan fingerprint density at radius 2 is 1.81 bits per heavy atom. The number of carbonyl (C=O) groups excluding carboxylic acids is 1. The SMILES string of the molecule is Cc1ccc(CC(=O)N2CCc3ccccc3C2)cc1C. The molecule has 0 saturated carbocycles. The lowest BCUT2D eigenvalue weighted by atomic mass is 9.99. The summed E-state index contributed by atoms with van der Waals surface area (Å²) >= 11 is 0. The molecule has 2 aromatic carbocycles. The number of rotatable bonds is 2. The Kier molecular flexibility index (Phi) is 3.78. The van der Waals surface area contributed by atoms with E-state index in [0.717, 1.165) is 25.1 Å². The van der Waals surface area contributed by atoms with Crippen LogP contribution in [0.3, 0.4) is 0 Å². The van der Waals surface area contributed by atoms with E-state index >= 15 is 0 Å². The molecule has 0 spiro atoms. The summed E-state index contributed by atoms with van der Waals surface area (Å²) in [7, 11) is 0.